The van der Waals surface area contributed by atoms with Gasteiger partial charge >= 0.3 is 0 Å². The van der Waals surface area contributed by atoms with Gasteiger partial charge in [-0.25, -0.2) is 0 Å². The number of hydrogen-bond donors (Lipinski definition) is 0. The summed E-state index contributed by atoms with van der Waals surface area (Å²) in [6.07, 6.45) is 9.36. The Kier molecular flexibility index (Phi) is 4.20. The van der Waals surface area contributed by atoms with Gasteiger partial charge in [0.05, 0.1) is 0 Å². The summed E-state index contributed by atoms with van der Waals surface area (Å²) < 4.78 is 0. The van der Waals surface area contributed by atoms with E-state index in [0.717, 1.165) is 18.8 Å². The second-order valence-corrected chi connectivity index (χ2v) is 4.12. The van der Waals surface area contributed by atoms with E-state index in [1.54, 1.807) is 6.92 Å². The molecule has 0 radical (unpaired) electrons. The second-order valence-electron chi connectivity index (χ2n) is 4.12. The van der Waals surface area contributed by atoms with Gasteiger partial charge < -0.3 is 0 Å². The second kappa shape index (κ2) is 5.21. The van der Waals surface area contributed by atoms with E-state index in [9.17, 15) is 4.79 Å². The minimum atomic E-state index is 0.213. The predicted octanol–water partition coefficient (Wildman–Crippen LogP) is 3.49. The van der Waals surface area contributed by atoms with E-state index in [2.05, 4.69) is 6.92 Å². The molecular formula is C12H20O. The maximum absolute atomic E-state index is 10.9. The normalized spacial score (nSPS) is 27.2. The highest BCUT2D eigenvalue weighted by Crippen LogP contribution is 2.28. The monoisotopic (exact) mass is 180 g/mol. The molecule has 0 saturated heterocycles. The molecule has 0 aromatic carbocycles. The fourth-order valence-corrected chi connectivity index (χ4v) is 2.12. The van der Waals surface area contributed by atoms with E-state index >= 15 is 0 Å². The smallest absolute Gasteiger partial charge is 0.152 e. The van der Waals surface area contributed by atoms with Crippen LogP contribution < -0.4 is 0 Å². The Morgan fingerprint density at radius 3 is 2.85 bits per heavy atom. The molecule has 0 spiro atoms. The first kappa shape index (κ1) is 10.5. The summed E-state index contributed by atoms with van der Waals surface area (Å²) in [7, 11) is 0. The van der Waals surface area contributed by atoms with Gasteiger partial charge in [0.15, 0.2) is 5.78 Å². The number of hydrogen-bond acceptors (Lipinski definition) is 1. The molecule has 1 saturated carbocycles. The summed E-state index contributed by atoms with van der Waals surface area (Å²) in [5.74, 6) is 1.11. The fourth-order valence-electron chi connectivity index (χ4n) is 2.12. The zero-order valence-electron chi connectivity index (χ0n) is 8.81. The van der Waals surface area contributed by atoms with Crippen molar-refractivity contribution in [1.29, 1.82) is 0 Å². The lowest BCUT2D eigenvalue weighted by molar-refractivity contribution is -0.112. The van der Waals surface area contributed by atoms with E-state index in [1.165, 1.54) is 31.3 Å². The van der Waals surface area contributed by atoms with Gasteiger partial charge in [0, 0.05) is 0 Å². The Hall–Kier alpha value is -0.590. The van der Waals surface area contributed by atoms with Gasteiger partial charge in [0.2, 0.25) is 0 Å². The molecule has 0 heterocycles. The van der Waals surface area contributed by atoms with Crippen LogP contribution in [-0.4, -0.2) is 5.78 Å². The van der Waals surface area contributed by atoms with Crippen LogP contribution in [0.25, 0.3) is 0 Å². The minimum absolute atomic E-state index is 0.213. The Bertz CT molecular complexity index is 203. The van der Waals surface area contributed by atoms with Gasteiger partial charge in [-0.15, -0.1) is 0 Å². The van der Waals surface area contributed by atoms with Crippen molar-refractivity contribution in [2.24, 2.45) is 5.92 Å². The first-order chi connectivity index (χ1) is 6.22. The van der Waals surface area contributed by atoms with E-state index in [1.807, 2.05) is 6.08 Å². The average molecular weight is 180 g/mol. The molecular weight excluding hydrogens is 160 g/mol. The lowest BCUT2D eigenvalue weighted by Crippen LogP contribution is -1.95. The molecule has 1 nitrogen and oxygen atoms in total. The topological polar surface area (TPSA) is 17.1 Å². The minimum Gasteiger partial charge on any atom is -0.295 e. The first-order valence-corrected chi connectivity index (χ1v) is 5.42. The van der Waals surface area contributed by atoms with Crippen molar-refractivity contribution in [2.75, 3.05) is 0 Å². The molecule has 1 rings (SSSR count). The molecule has 0 N–H and O–H groups in total. The molecule has 0 amide bonds. The molecule has 13 heavy (non-hydrogen) atoms. The van der Waals surface area contributed by atoms with E-state index in [-0.39, 0.29) is 5.78 Å². The van der Waals surface area contributed by atoms with Crippen LogP contribution in [-0.2, 0) is 4.79 Å². The summed E-state index contributed by atoms with van der Waals surface area (Å²) >= 11 is 0. The Morgan fingerprint density at radius 2 is 2.23 bits per heavy atom. The first-order valence-electron chi connectivity index (χ1n) is 5.42. The molecule has 74 valence electrons. The van der Waals surface area contributed by atoms with E-state index in [4.69, 9.17) is 0 Å². The molecule has 1 aliphatic rings. The van der Waals surface area contributed by atoms with Gasteiger partial charge in [-0.2, -0.15) is 0 Å². The summed E-state index contributed by atoms with van der Waals surface area (Å²) in [5, 5.41) is 0. The molecule has 0 aromatic rings. The summed E-state index contributed by atoms with van der Waals surface area (Å²) in [6.45, 7) is 3.92. The van der Waals surface area contributed by atoms with Gasteiger partial charge in [-0.3, -0.25) is 4.79 Å². The highest BCUT2D eigenvalue weighted by Gasteiger charge is 2.12. The summed E-state index contributed by atoms with van der Waals surface area (Å²) in [6, 6.07) is 0. The van der Waals surface area contributed by atoms with Crippen molar-refractivity contribution in [1.82, 2.24) is 0 Å². The molecule has 1 atom stereocenters. The number of allylic oxidation sites excluding steroid dienone is 2. The molecule has 1 heteroatoms. The van der Waals surface area contributed by atoms with Gasteiger partial charge in [0.1, 0.15) is 0 Å². The third kappa shape index (κ3) is 3.75. The lowest BCUT2D eigenvalue weighted by atomic mass is 9.97. The highest BCUT2D eigenvalue weighted by molar-refractivity contribution is 5.87. The third-order valence-corrected chi connectivity index (χ3v) is 2.97. The molecule has 1 fully saturated rings. The van der Waals surface area contributed by atoms with Gasteiger partial charge in [-0.1, -0.05) is 25.3 Å². The van der Waals surface area contributed by atoms with Gasteiger partial charge in [0.25, 0.3) is 0 Å². The van der Waals surface area contributed by atoms with Crippen molar-refractivity contribution in [2.45, 2.75) is 52.4 Å². The Morgan fingerprint density at radius 1 is 1.46 bits per heavy atom. The summed E-state index contributed by atoms with van der Waals surface area (Å²) in [5.41, 5.74) is 1.38. The van der Waals surface area contributed by atoms with Crippen LogP contribution in [0.15, 0.2) is 11.6 Å². The van der Waals surface area contributed by atoms with Crippen LogP contribution in [0.4, 0.5) is 0 Å². The van der Waals surface area contributed by atoms with Crippen molar-refractivity contribution in [3.05, 3.63) is 11.6 Å². The third-order valence-electron chi connectivity index (χ3n) is 2.97. The van der Waals surface area contributed by atoms with Crippen LogP contribution in [0.3, 0.4) is 0 Å². The summed E-state index contributed by atoms with van der Waals surface area (Å²) in [4.78, 5) is 10.9. The average Bonchev–Trinajstić information content (AvgIpc) is 2.29. The molecule has 0 bridgehead atoms. The van der Waals surface area contributed by atoms with Crippen molar-refractivity contribution < 1.29 is 4.79 Å². The van der Waals surface area contributed by atoms with Crippen LogP contribution in [0.5, 0.6) is 0 Å². The fraction of sp³-hybridized carbons (Fsp3) is 0.750. The standard InChI is InChI=1S/C12H20O/c1-3-11-5-4-6-12(8-7-11)9-10(2)13/h9,11H,3-8H2,1-2H3. The van der Waals surface area contributed by atoms with Crippen molar-refractivity contribution in [3.63, 3.8) is 0 Å². The Balaban J connectivity index is 2.49. The zero-order valence-corrected chi connectivity index (χ0v) is 8.81. The van der Waals surface area contributed by atoms with E-state index in [0.29, 0.717) is 0 Å². The van der Waals surface area contributed by atoms with Crippen LogP contribution >= 0.6 is 0 Å². The molecule has 0 aliphatic heterocycles. The quantitative estimate of drug-likeness (QED) is 0.469. The number of ketones is 1. The van der Waals surface area contributed by atoms with Crippen molar-refractivity contribution in [3.8, 4) is 0 Å². The molecule has 1 unspecified atom stereocenters. The maximum Gasteiger partial charge on any atom is 0.152 e. The number of carbonyl (C=O) groups is 1. The van der Waals surface area contributed by atoms with Crippen LogP contribution in [0, 0.1) is 5.92 Å². The zero-order chi connectivity index (χ0) is 9.68. The van der Waals surface area contributed by atoms with Crippen LogP contribution in [0.2, 0.25) is 0 Å². The molecule has 0 aromatic heterocycles. The lowest BCUT2D eigenvalue weighted by Gasteiger charge is -2.08. The van der Waals surface area contributed by atoms with Crippen LogP contribution in [0.1, 0.15) is 52.4 Å². The van der Waals surface area contributed by atoms with Gasteiger partial charge in [-0.05, 0) is 44.6 Å². The number of rotatable bonds is 2. The molecule has 1 aliphatic carbocycles. The highest BCUT2D eigenvalue weighted by atomic mass is 16.1. The SMILES string of the molecule is CCC1CCCC(=CC(C)=O)CC1. The number of carbonyl (C=O) groups excluding carboxylic acids is 1. The largest absolute Gasteiger partial charge is 0.295 e. The predicted molar refractivity (Wildman–Crippen MR) is 55.6 cm³/mol. The Labute approximate surface area is 81.2 Å². The van der Waals surface area contributed by atoms with E-state index < -0.39 is 0 Å². The maximum atomic E-state index is 10.9. The van der Waals surface area contributed by atoms with Crippen molar-refractivity contribution >= 4 is 5.78 Å².